The highest BCUT2D eigenvalue weighted by Crippen LogP contribution is 2.30. The Morgan fingerprint density at radius 3 is 2.50 bits per heavy atom. The van der Waals surface area contributed by atoms with E-state index in [2.05, 4.69) is 9.62 Å². The Kier molecular flexibility index (Phi) is 4.17. The molecule has 112 valence electrons. The van der Waals surface area contributed by atoms with Gasteiger partial charge in [-0.25, -0.2) is 13.1 Å². The summed E-state index contributed by atoms with van der Waals surface area (Å²) in [4.78, 5) is 3.62. The molecule has 3 rings (SSSR count). The third-order valence-electron chi connectivity index (χ3n) is 4.16. The van der Waals surface area contributed by atoms with Crippen molar-refractivity contribution in [1.29, 1.82) is 0 Å². The van der Waals surface area contributed by atoms with Crippen LogP contribution in [0, 0.1) is 0 Å². The number of hydrogen-bond donors (Lipinski definition) is 1. The van der Waals surface area contributed by atoms with E-state index in [4.69, 9.17) is 0 Å². The molecule has 1 saturated heterocycles. The van der Waals surface area contributed by atoms with E-state index in [-0.39, 0.29) is 6.04 Å². The fourth-order valence-electron chi connectivity index (χ4n) is 2.79. The highest BCUT2D eigenvalue weighted by Gasteiger charge is 2.33. The number of likely N-dealkylation sites (tertiary alicyclic amines) is 1. The molecule has 0 amide bonds. The first-order chi connectivity index (χ1) is 9.58. The number of aryl methyl sites for hydroxylation is 1. The summed E-state index contributed by atoms with van der Waals surface area (Å²) in [6.07, 6.45) is 5.40. The van der Waals surface area contributed by atoms with Crippen LogP contribution in [0.2, 0.25) is 0 Å². The molecule has 0 unspecified atom stereocenters. The van der Waals surface area contributed by atoms with Crippen molar-refractivity contribution in [2.24, 2.45) is 0 Å². The minimum atomic E-state index is -3.32. The summed E-state index contributed by atoms with van der Waals surface area (Å²) in [5, 5.41) is 0. The van der Waals surface area contributed by atoms with Gasteiger partial charge < -0.3 is 4.90 Å². The van der Waals surface area contributed by atoms with Crippen LogP contribution in [0.3, 0.4) is 0 Å². The fourth-order valence-corrected chi connectivity index (χ4v) is 5.41. The van der Waals surface area contributed by atoms with Gasteiger partial charge in [0.05, 0.1) is 0 Å². The molecule has 4 nitrogen and oxygen atoms in total. The lowest BCUT2D eigenvalue weighted by atomic mass is 10.1. The maximum atomic E-state index is 12.3. The number of thiophene rings is 1. The largest absolute Gasteiger partial charge is 0.300 e. The number of hydrogen-bond acceptors (Lipinski definition) is 4. The first-order valence-corrected chi connectivity index (χ1v) is 9.73. The zero-order valence-corrected chi connectivity index (χ0v) is 13.5. The van der Waals surface area contributed by atoms with Crippen molar-refractivity contribution in [3.63, 3.8) is 0 Å². The maximum Gasteiger partial charge on any atom is 0.250 e. The van der Waals surface area contributed by atoms with Crippen molar-refractivity contribution in [2.75, 3.05) is 13.1 Å². The fraction of sp³-hybridized carbons (Fsp3) is 0.714. The molecule has 20 heavy (non-hydrogen) atoms. The highest BCUT2D eigenvalue weighted by molar-refractivity contribution is 7.91. The topological polar surface area (TPSA) is 49.4 Å². The van der Waals surface area contributed by atoms with E-state index >= 15 is 0 Å². The molecule has 0 spiro atoms. The van der Waals surface area contributed by atoms with Gasteiger partial charge in [0, 0.05) is 17.0 Å². The predicted octanol–water partition coefficient (Wildman–Crippen LogP) is 2.22. The lowest BCUT2D eigenvalue weighted by Gasteiger charge is -2.32. The zero-order valence-electron chi connectivity index (χ0n) is 11.8. The molecule has 1 aromatic heterocycles. The van der Waals surface area contributed by atoms with Crippen LogP contribution in [0.4, 0.5) is 0 Å². The quantitative estimate of drug-likeness (QED) is 0.906. The first-order valence-electron chi connectivity index (χ1n) is 7.43. The summed E-state index contributed by atoms with van der Waals surface area (Å²) in [6.45, 7) is 4.11. The van der Waals surface area contributed by atoms with Gasteiger partial charge in [0.2, 0.25) is 10.0 Å². The molecule has 1 saturated carbocycles. The van der Waals surface area contributed by atoms with Gasteiger partial charge in [-0.2, -0.15) is 0 Å². The molecular weight excluding hydrogens is 292 g/mol. The standard InChI is InChI=1S/C14H22N2O2S2/c1-2-13-5-6-14(19-13)20(17,18)15-11-7-9-16(10-8-11)12-3-4-12/h5-6,11-12,15H,2-4,7-10H2,1H3. The molecule has 1 N–H and O–H groups in total. The average molecular weight is 314 g/mol. The predicted molar refractivity (Wildman–Crippen MR) is 81.6 cm³/mol. The minimum Gasteiger partial charge on any atom is -0.300 e. The summed E-state index contributed by atoms with van der Waals surface area (Å²) in [5.41, 5.74) is 0. The Hall–Kier alpha value is -0.430. The van der Waals surface area contributed by atoms with E-state index in [1.54, 1.807) is 6.07 Å². The number of nitrogens with zero attached hydrogens (tertiary/aromatic N) is 1. The van der Waals surface area contributed by atoms with Crippen molar-refractivity contribution in [2.45, 2.75) is 55.3 Å². The van der Waals surface area contributed by atoms with Crippen LogP contribution in [0.15, 0.2) is 16.3 Å². The van der Waals surface area contributed by atoms with Crippen molar-refractivity contribution < 1.29 is 8.42 Å². The van der Waals surface area contributed by atoms with Gasteiger partial charge in [0.15, 0.2) is 0 Å². The molecule has 0 radical (unpaired) electrons. The van der Waals surface area contributed by atoms with E-state index in [1.807, 2.05) is 13.0 Å². The average Bonchev–Trinajstić information content (AvgIpc) is 3.16. The second-order valence-corrected chi connectivity index (χ2v) is 8.85. The van der Waals surface area contributed by atoms with Crippen LogP contribution in [0.1, 0.15) is 37.5 Å². The molecule has 1 aliphatic carbocycles. The lowest BCUT2D eigenvalue weighted by Crippen LogP contribution is -2.45. The van der Waals surface area contributed by atoms with Crippen molar-refractivity contribution in [3.8, 4) is 0 Å². The van der Waals surface area contributed by atoms with E-state index in [0.29, 0.717) is 4.21 Å². The number of piperidine rings is 1. The highest BCUT2D eigenvalue weighted by atomic mass is 32.2. The first kappa shape index (κ1) is 14.5. The van der Waals surface area contributed by atoms with Gasteiger partial charge >= 0.3 is 0 Å². The summed E-state index contributed by atoms with van der Waals surface area (Å²) in [5.74, 6) is 0. The van der Waals surface area contributed by atoms with Gasteiger partial charge in [0.1, 0.15) is 4.21 Å². The third kappa shape index (κ3) is 3.24. The van der Waals surface area contributed by atoms with Crippen LogP contribution in [-0.4, -0.2) is 38.5 Å². The molecule has 1 aromatic rings. The third-order valence-corrected chi connectivity index (χ3v) is 7.41. The maximum absolute atomic E-state index is 12.3. The smallest absolute Gasteiger partial charge is 0.250 e. The Bertz CT molecular complexity index is 555. The molecule has 0 atom stereocenters. The molecular formula is C14H22N2O2S2. The molecule has 0 bridgehead atoms. The Labute approximate surface area is 125 Å². The zero-order chi connectivity index (χ0) is 14.2. The van der Waals surface area contributed by atoms with Gasteiger partial charge in [-0.1, -0.05) is 6.92 Å². The Balaban J connectivity index is 1.59. The van der Waals surface area contributed by atoms with Crippen LogP contribution in [0.25, 0.3) is 0 Å². The second kappa shape index (κ2) is 5.75. The van der Waals surface area contributed by atoms with Crippen LogP contribution < -0.4 is 4.72 Å². The molecule has 0 aromatic carbocycles. The molecule has 6 heteroatoms. The summed E-state index contributed by atoms with van der Waals surface area (Å²) >= 11 is 1.38. The normalized spacial score (nSPS) is 22.2. The minimum absolute atomic E-state index is 0.0992. The van der Waals surface area contributed by atoms with Crippen molar-refractivity contribution >= 4 is 21.4 Å². The summed E-state index contributed by atoms with van der Waals surface area (Å²) in [6, 6.07) is 4.53. The van der Waals surface area contributed by atoms with Crippen molar-refractivity contribution in [3.05, 3.63) is 17.0 Å². The Morgan fingerprint density at radius 2 is 1.95 bits per heavy atom. The van der Waals surface area contributed by atoms with E-state index in [1.165, 1.54) is 24.2 Å². The molecule has 1 aliphatic heterocycles. The molecule has 2 fully saturated rings. The Morgan fingerprint density at radius 1 is 1.25 bits per heavy atom. The lowest BCUT2D eigenvalue weighted by molar-refractivity contribution is 0.199. The van der Waals surface area contributed by atoms with E-state index < -0.39 is 10.0 Å². The van der Waals surface area contributed by atoms with Crippen LogP contribution in [0.5, 0.6) is 0 Å². The van der Waals surface area contributed by atoms with Gasteiger partial charge in [-0.15, -0.1) is 11.3 Å². The molecule has 2 aliphatic rings. The number of rotatable bonds is 5. The second-order valence-electron chi connectivity index (χ2n) is 5.74. The van der Waals surface area contributed by atoms with Crippen LogP contribution in [-0.2, 0) is 16.4 Å². The van der Waals surface area contributed by atoms with Gasteiger partial charge in [0.25, 0.3) is 0 Å². The number of nitrogens with one attached hydrogen (secondary N) is 1. The number of sulfonamides is 1. The van der Waals surface area contributed by atoms with Crippen LogP contribution >= 0.6 is 11.3 Å². The van der Waals surface area contributed by atoms with E-state index in [9.17, 15) is 8.42 Å². The van der Waals surface area contributed by atoms with Crippen molar-refractivity contribution in [1.82, 2.24) is 9.62 Å². The van der Waals surface area contributed by atoms with Gasteiger partial charge in [-0.05, 0) is 57.3 Å². The summed E-state index contributed by atoms with van der Waals surface area (Å²) in [7, 11) is -3.32. The molecule has 2 heterocycles. The monoisotopic (exact) mass is 314 g/mol. The SMILES string of the molecule is CCc1ccc(S(=O)(=O)NC2CCN(C3CC3)CC2)s1. The van der Waals surface area contributed by atoms with E-state index in [0.717, 1.165) is 43.3 Å². The summed E-state index contributed by atoms with van der Waals surface area (Å²) < 4.78 is 28.0. The van der Waals surface area contributed by atoms with Gasteiger partial charge in [-0.3, -0.25) is 0 Å².